The van der Waals surface area contributed by atoms with Gasteiger partial charge in [-0.15, -0.1) is 0 Å². The van der Waals surface area contributed by atoms with Gasteiger partial charge in [0.1, 0.15) is 5.82 Å². The first-order valence-electron chi connectivity index (χ1n) is 11.4. The number of ether oxygens (including phenoxy) is 2. The summed E-state index contributed by atoms with van der Waals surface area (Å²) in [5.41, 5.74) is 2.28. The van der Waals surface area contributed by atoms with Crippen molar-refractivity contribution >= 4 is 5.97 Å². The second kappa shape index (κ2) is 10.4. The van der Waals surface area contributed by atoms with Crippen molar-refractivity contribution in [1.29, 1.82) is 0 Å². The molecule has 5 heteroatoms. The van der Waals surface area contributed by atoms with Crippen LogP contribution in [0, 0.1) is 17.7 Å². The average Bonchev–Trinajstić information content (AvgIpc) is 3.36. The molecule has 0 unspecified atom stereocenters. The molecule has 1 N–H and O–H groups in total. The molecule has 170 valence electrons. The summed E-state index contributed by atoms with van der Waals surface area (Å²) in [5, 5.41) is 8.82. The molecule has 2 aromatic rings. The third-order valence-corrected chi connectivity index (χ3v) is 6.98. The molecule has 1 heterocycles. The van der Waals surface area contributed by atoms with Crippen LogP contribution in [0.3, 0.4) is 0 Å². The Morgan fingerprint density at radius 1 is 1.16 bits per heavy atom. The van der Waals surface area contributed by atoms with Gasteiger partial charge in [0, 0.05) is 17.8 Å². The number of carboxylic acids is 1. The summed E-state index contributed by atoms with van der Waals surface area (Å²) in [6, 6.07) is 17.1. The van der Waals surface area contributed by atoms with Gasteiger partial charge in [0.05, 0.1) is 25.9 Å². The number of fused-ring (bicyclic) bond motifs is 2. The summed E-state index contributed by atoms with van der Waals surface area (Å²) < 4.78 is 25.5. The molecule has 1 aliphatic heterocycles. The fourth-order valence-electron chi connectivity index (χ4n) is 5.37. The van der Waals surface area contributed by atoms with Crippen molar-refractivity contribution in [3.63, 3.8) is 0 Å². The number of hydrogen-bond acceptors (Lipinski definition) is 3. The van der Waals surface area contributed by atoms with E-state index in [1.807, 2.05) is 6.07 Å². The minimum Gasteiger partial charge on any atom is -0.481 e. The van der Waals surface area contributed by atoms with Crippen molar-refractivity contribution in [2.45, 2.75) is 50.2 Å². The van der Waals surface area contributed by atoms with Crippen LogP contribution in [0.2, 0.25) is 0 Å². The Bertz CT molecular complexity index is 911. The molecule has 2 aromatic carbocycles. The van der Waals surface area contributed by atoms with Crippen LogP contribution in [0.5, 0.6) is 0 Å². The first kappa shape index (κ1) is 22.7. The van der Waals surface area contributed by atoms with Gasteiger partial charge in [0.2, 0.25) is 0 Å². The number of benzene rings is 2. The summed E-state index contributed by atoms with van der Waals surface area (Å²) in [7, 11) is 0. The lowest BCUT2D eigenvalue weighted by Crippen LogP contribution is -2.41. The molecular weight excluding hydrogens is 407 g/mol. The Morgan fingerprint density at radius 2 is 1.94 bits per heavy atom. The number of unbranched alkanes of at least 4 members (excludes halogenated alkanes) is 1. The van der Waals surface area contributed by atoms with Crippen molar-refractivity contribution in [2.75, 3.05) is 13.2 Å². The van der Waals surface area contributed by atoms with Crippen molar-refractivity contribution < 1.29 is 23.8 Å². The van der Waals surface area contributed by atoms with Crippen LogP contribution in [0.4, 0.5) is 4.39 Å². The summed E-state index contributed by atoms with van der Waals surface area (Å²) in [5.74, 6) is -0.305. The highest BCUT2D eigenvalue weighted by Gasteiger charge is 2.58. The zero-order chi connectivity index (χ0) is 22.4. The lowest BCUT2D eigenvalue weighted by Gasteiger charge is -2.39. The zero-order valence-electron chi connectivity index (χ0n) is 18.3. The second-order valence-electron chi connectivity index (χ2n) is 8.98. The lowest BCUT2D eigenvalue weighted by atomic mass is 9.69. The monoisotopic (exact) mass is 438 g/mol. The molecule has 2 aliphatic rings. The predicted octanol–water partition coefficient (Wildman–Crippen LogP) is 5.52. The van der Waals surface area contributed by atoms with Gasteiger partial charge >= 0.3 is 5.97 Å². The molecule has 0 aromatic heterocycles. The maximum atomic E-state index is 13.2. The molecule has 1 aliphatic carbocycles. The van der Waals surface area contributed by atoms with Gasteiger partial charge in [0.15, 0.2) is 0 Å². The van der Waals surface area contributed by atoms with Gasteiger partial charge in [-0.3, -0.25) is 4.79 Å². The second-order valence-corrected chi connectivity index (χ2v) is 8.98. The largest absolute Gasteiger partial charge is 0.481 e. The highest BCUT2D eigenvalue weighted by atomic mass is 19.1. The fourth-order valence-corrected chi connectivity index (χ4v) is 5.37. The van der Waals surface area contributed by atoms with E-state index in [-0.39, 0.29) is 29.7 Å². The summed E-state index contributed by atoms with van der Waals surface area (Å²) in [6.07, 6.45) is 8.08. The van der Waals surface area contributed by atoms with E-state index in [0.717, 1.165) is 31.4 Å². The summed E-state index contributed by atoms with van der Waals surface area (Å²) >= 11 is 0. The van der Waals surface area contributed by atoms with Crippen LogP contribution < -0.4 is 0 Å². The van der Waals surface area contributed by atoms with Crippen LogP contribution in [0.15, 0.2) is 66.7 Å². The van der Waals surface area contributed by atoms with E-state index in [1.165, 1.54) is 17.7 Å². The van der Waals surface area contributed by atoms with Crippen molar-refractivity contribution in [2.24, 2.45) is 11.8 Å². The molecule has 2 fully saturated rings. The minimum absolute atomic E-state index is 0.0127. The highest BCUT2D eigenvalue weighted by Crippen LogP contribution is 2.56. The van der Waals surface area contributed by atoms with Crippen LogP contribution in [0.25, 0.3) is 0 Å². The summed E-state index contributed by atoms with van der Waals surface area (Å²) in [4.78, 5) is 10.7. The Balaban J connectivity index is 1.43. The molecule has 2 bridgehead atoms. The Kier molecular flexibility index (Phi) is 7.38. The number of carbonyl (C=O) groups is 1. The SMILES string of the molecule is O=C(O)CCCC=CC[C@@H]1[C@@H](COCc2ccc(F)cc2)[C@H]2C[C@]1(c1ccccc1)CO2. The van der Waals surface area contributed by atoms with Crippen LogP contribution >= 0.6 is 0 Å². The van der Waals surface area contributed by atoms with Crippen molar-refractivity contribution in [3.8, 4) is 0 Å². The molecule has 4 nitrogen and oxygen atoms in total. The number of rotatable bonds is 11. The van der Waals surface area contributed by atoms with Crippen LogP contribution in [0.1, 0.15) is 43.2 Å². The molecule has 4 rings (SSSR count). The smallest absolute Gasteiger partial charge is 0.303 e. The number of allylic oxidation sites excluding steroid dienone is 2. The van der Waals surface area contributed by atoms with Gasteiger partial charge in [-0.2, -0.15) is 0 Å². The minimum atomic E-state index is -0.745. The summed E-state index contributed by atoms with van der Waals surface area (Å²) in [6.45, 7) is 1.79. The van der Waals surface area contributed by atoms with Gasteiger partial charge in [-0.25, -0.2) is 4.39 Å². The van der Waals surface area contributed by atoms with Gasteiger partial charge in [-0.1, -0.05) is 54.6 Å². The number of carboxylic acid groups (broad SMARTS) is 1. The Labute approximate surface area is 189 Å². The quantitative estimate of drug-likeness (QED) is 0.371. The molecule has 1 saturated heterocycles. The molecule has 0 radical (unpaired) electrons. The van der Waals surface area contributed by atoms with E-state index >= 15 is 0 Å². The van der Waals surface area contributed by atoms with Crippen molar-refractivity contribution in [1.82, 2.24) is 0 Å². The zero-order valence-corrected chi connectivity index (χ0v) is 18.3. The van der Waals surface area contributed by atoms with E-state index in [1.54, 1.807) is 12.1 Å². The normalized spacial score (nSPS) is 26.7. The first-order chi connectivity index (χ1) is 15.6. The van der Waals surface area contributed by atoms with E-state index in [4.69, 9.17) is 14.6 Å². The van der Waals surface area contributed by atoms with Crippen LogP contribution in [-0.2, 0) is 26.3 Å². The number of aliphatic carboxylic acids is 1. The molecule has 1 saturated carbocycles. The standard InChI is InChI=1S/C27H31FO4/c28-22-14-12-20(13-15-22)17-31-18-23-24(10-6-1-2-7-11-26(29)30)27(16-25(23)32-19-27)21-8-4-3-5-9-21/h1,3-6,8-9,12-15,23-25H,2,7,10-11,16-19H2,(H,29,30)/t23-,24-,25-,27-/m1/s1. The molecule has 4 atom stereocenters. The van der Waals surface area contributed by atoms with E-state index < -0.39 is 5.97 Å². The first-order valence-corrected chi connectivity index (χ1v) is 11.4. The van der Waals surface area contributed by atoms with E-state index in [2.05, 4.69) is 36.4 Å². The van der Waals surface area contributed by atoms with E-state index in [0.29, 0.717) is 25.6 Å². The predicted molar refractivity (Wildman–Crippen MR) is 121 cm³/mol. The third-order valence-electron chi connectivity index (χ3n) is 6.98. The lowest BCUT2D eigenvalue weighted by molar-refractivity contribution is -0.137. The molecular formula is C27H31FO4. The van der Waals surface area contributed by atoms with Crippen LogP contribution in [-0.4, -0.2) is 30.4 Å². The highest BCUT2D eigenvalue weighted by molar-refractivity contribution is 5.66. The Hall–Kier alpha value is -2.50. The fraction of sp³-hybridized carbons (Fsp3) is 0.444. The van der Waals surface area contributed by atoms with Gasteiger partial charge in [-0.05, 0) is 54.9 Å². The average molecular weight is 439 g/mol. The molecule has 0 amide bonds. The maximum Gasteiger partial charge on any atom is 0.303 e. The van der Waals surface area contributed by atoms with E-state index in [9.17, 15) is 9.18 Å². The number of halogens is 1. The van der Waals surface area contributed by atoms with Gasteiger partial charge < -0.3 is 14.6 Å². The Morgan fingerprint density at radius 3 is 2.69 bits per heavy atom. The van der Waals surface area contributed by atoms with Gasteiger partial charge in [0.25, 0.3) is 0 Å². The third kappa shape index (κ3) is 5.11. The maximum absolute atomic E-state index is 13.2. The number of hydrogen-bond donors (Lipinski definition) is 1. The topological polar surface area (TPSA) is 55.8 Å². The van der Waals surface area contributed by atoms with Crippen molar-refractivity contribution in [3.05, 3.63) is 83.7 Å². The molecule has 32 heavy (non-hydrogen) atoms. The molecule has 0 spiro atoms.